The molecular weight excluding hydrogens is 407 g/mol. The molecule has 1 saturated heterocycles. The summed E-state index contributed by atoms with van der Waals surface area (Å²) in [5.41, 5.74) is 5.25. The first-order valence-corrected chi connectivity index (χ1v) is 9.44. The lowest BCUT2D eigenvalue weighted by Gasteiger charge is -2.59. The Labute approximate surface area is 180 Å². The number of rotatable bonds is 8. The van der Waals surface area contributed by atoms with Crippen molar-refractivity contribution >= 4 is 36.6 Å². The van der Waals surface area contributed by atoms with E-state index in [1.165, 1.54) is 0 Å². The second-order valence-electron chi connectivity index (χ2n) is 7.75. The number of nitrogens with zero attached hydrogens (tertiary/aromatic N) is 2. The van der Waals surface area contributed by atoms with E-state index in [2.05, 4.69) is 10.2 Å². The highest BCUT2D eigenvalue weighted by Gasteiger charge is 2.63. The summed E-state index contributed by atoms with van der Waals surface area (Å²) in [4.78, 5) is 28.8. The van der Waals surface area contributed by atoms with Crippen LogP contribution in [0.25, 0.3) is 0 Å². The third-order valence-corrected chi connectivity index (χ3v) is 5.87. The van der Waals surface area contributed by atoms with Crippen LogP contribution in [0.15, 0.2) is 0 Å². The number of halogens is 2. The number of carbonyl (C=O) groups excluding carboxylic acids is 2. The first-order valence-electron chi connectivity index (χ1n) is 9.44. The Hall–Kier alpha value is -0.640. The van der Waals surface area contributed by atoms with E-state index in [0.717, 1.165) is 0 Å². The monoisotopic (exact) mass is 442 g/mol. The van der Waals surface area contributed by atoms with Gasteiger partial charge in [0.15, 0.2) is 0 Å². The Bertz CT molecular complexity index is 516. The molecule has 1 aliphatic carbocycles. The smallest absolute Gasteiger partial charge is 0.243 e. The van der Waals surface area contributed by atoms with Crippen molar-refractivity contribution in [3.05, 3.63) is 0 Å². The maximum absolute atomic E-state index is 13.0. The van der Waals surface area contributed by atoms with E-state index in [1.807, 2.05) is 25.7 Å². The molecule has 3 N–H and O–H groups in total. The molecule has 2 unspecified atom stereocenters. The SMILES string of the molecule is CCOC1CC(N)(C(=O)N2CCN(CC(=O)NCCOC)CC2)C1(C)C.Cl.Cl. The number of piperazine rings is 1. The van der Waals surface area contributed by atoms with E-state index in [-0.39, 0.29) is 48.1 Å². The van der Waals surface area contributed by atoms with Crippen LogP contribution in [0.2, 0.25) is 0 Å². The van der Waals surface area contributed by atoms with Gasteiger partial charge in [-0.2, -0.15) is 0 Å². The van der Waals surface area contributed by atoms with Crippen LogP contribution in [0.1, 0.15) is 27.2 Å². The molecule has 2 fully saturated rings. The number of hydrogen-bond acceptors (Lipinski definition) is 6. The first kappa shape index (κ1) is 27.4. The van der Waals surface area contributed by atoms with Crippen LogP contribution < -0.4 is 11.1 Å². The fourth-order valence-corrected chi connectivity index (χ4v) is 3.74. The van der Waals surface area contributed by atoms with Gasteiger partial charge in [-0.3, -0.25) is 14.5 Å². The minimum absolute atomic E-state index is 0. The van der Waals surface area contributed by atoms with Crippen LogP contribution in [0.4, 0.5) is 0 Å². The number of amides is 2. The van der Waals surface area contributed by atoms with Gasteiger partial charge < -0.3 is 25.4 Å². The van der Waals surface area contributed by atoms with Crippen LogP contribution in [0, 0.1) is 5.41 Å². The summed E-state index contributed by atoms with van der Waals surface area (Å²) >= 11 is 0. The summed E-state index contributed by atoms with van der Waals surface area (Å²) < 4.78 is 10.6. The summed E-state index contributed by atoms with van der Waals surface area (Å²) in [6.45, 7) is 10.5. The number of carbonyl (C=O) groups is 2. The molecule has 0 aromatic carbocycles. The molecule has 1 heterocycles. The van der Waals surface area contributed by atoms with E-state index in [4.69, 9.17) is 15.2 Å². The molecule has 0 aromatic heterocycles. The van der Waals surface area contributed by atoms with Gasteiger partial charge in [-0.05, 0) is 6.92 Å². The number of nitrogens with one attached hydrogen (secondary N) is 1. The summed E-state index contributed by atoms with van der Waals surface area (Å²) in [5.74, 6) is -0.0144. The van der Waals surface area contributed by atoms with E-state index in [0.29, 0.717) is 58.9 Å². The Morgan fingerprint density at radius 3 is 2.29 bits per heavy atom. The predicted octanol–water partition coefficient (Wildman–Crippen LogP) is 0.269. The molecule has 2 atom stereocenters. The van der Waals surface area contributed by atoms with Gasteiger partial charge in [-0.25, -0.2) is 0 Å². The van der Waals surface area contributed by atoms with Crippen molar-refractivity contribution in [2.45, 2.75) is 38.8 Å². The molecule has 2 amide bonds. The minimum atomic E-state index is -0.869. The average molecular weight is 443 g/mol. The average Bonchev–Trinajstić information content (AvgIpc) is 2.61. The van der Waals surface area contributed by atoms with Gasteiger partial charge in [0.2, 0.25) is 11.8 Å². The molecular formula is C18H36Cl2N4O4. The number of nitrogens with two attached hydrogens (primary N) is 1. The van der Waals surface area contributed by atoms with Gasteiger partial charge in [-0.1, -0.05) is 13.8 Å². The Morgan fingerprint density at radius 2 is 1.79 bits per heavy atom. The number of hydrogen-bond donors (Lipinski definition) is 2. The van der Waals surface area contributed by atoms with Gasteiger partial charge in [-0.15, -0.1) is 24.8 Å². The quantitative estimate of drug-likeness (QED) is 0.523. The molecule has 0 radical (unpaired) electrons. The van der Waals surface area contributed by atoms with Crippen molar-refractivity contribution in [2.75, 3.05) is 59.6 Å². The Balaban J connectivity index is 0.00000364. The topological polar surface area (TPSA) is 97.1 Å². The van der Waals surface area contributed by atoms with Crippen LogP contribution in [-0.2, 0) is 19.1 Å². The van der Waals surface area contributed by atoms with Crippen LogP contribution in [0.3, 0.4) is 0 Å². The zero-order chi connectivity index (χ0) is 19.4. The number of methoxy groups -OCH3 is 1. The molecule has 28 heavy (non-hydrogen) atoms. The number of ether oxygens (including phenoxy) is 2. The molecule has 8 nitrogen and oxygen atoms in total. The van der Waals surface area contributed by atoms with Gasteiger partial charge in [0.1, 0.15) is 5.54 Å². The fraction of sp³-hybridized carbons (Fsp3) is 0.889. The zero-order valence-electron chi connectivity index (χ0n) is 17.4. The Morgan fingerprint density at radius 1 is 1.18 bits per heavy atom. The van der Waals surface area contributed by atoms with Crippen molar-refractivity contribution in [2.24, 2.45) is 11.1 Å². The third kappa shape index (κ3) is 5.70. The summed E-state index contributed by atoms with van der Waals surface area (Å²) in [7, 11) is 1.60. The zero-order valence-corrected chi connectivity index (χ0v) is 19.0. The summed E-state index contributed by atoms with van der Waals surface area (Å²) in [5, 5.41) is 2.81. The lowest BCUT2D eigenvalue weighted by Crippen LogP contribution is -2.76. The fourth-order valence-electron chi connectivity index (χ4n) is 3.74. The van der Waals surface area contributed by atoms with E-state index < -0.39 is 5.54 Å². The lowest BCUT2D eigenvalue weighted by atomic mass is 9.54. The first-order chi connectivity index (χ1) is 12.3. The second-order valence-corrected chi connectivity index (χ2v) is 7.75. The van der Waals surface area contributed by atoms with Gasteiger partial charge >= 0.3 is 0 Å². The summed E-state index contributed by atoms with van der Waals surface area (Å²) in [6.07, 6.45) is 0.591. The largest absolute Gasteiger partial charge is 0.383 e. The minimum Gasteiger partial charge on any atom is -0.383 e. The second kappa shape index (κ2) is 11.5. The van der Waals surface area contributed by atoms with Crippen LogP contribution in [0.5, 0.6) is 0 Å². The third-order valence-electron chi connectivity index (χ3n) is 5.87. The molecule has 1 aliphatic heterocycles. The molecule has 10 heteroatoms. The van der Waals surface area contributed by atoms with Gasteiger partial charge in [0.25, 0.3) is 0 Å². The van der Waals surface area contributed by atoms with Crippen molar-refractivity contribution in [1.29, 1.82) is 0 Å². The molecule has 1 saturated carbocycles. The van der Waals surface area contributed by atoms with Crippen molar-refractivity contribution in [3.63, 3.8) is 0 Å². The molecule has 166 valence electrons. The highest BCUT2D eigenvalue weighted by atomic mass is 35.5. The normalized spacial score (nSPS) is 26.5. The van der Waals surface area contributed by atoms with Crippen molar-refractivity contribution in [3.8, 4) is 0 Å². The lowest BCUT2D eigenvalue weighted by molar-refractivity contribution is -0.180. The molecule has 2 rings (SSSR count). The molecule has 0 bridgehead atoms. The maximum Gasteiger partial charge on any atom is 0.243 e. The van der Waals surface area contributed by atoms with Crippen molar-refractivity contribution in [1.82, 2.24) is 15.1 Å². The summed E-state index contributed by atoms with van der Waals surface area (Å²) in [6, 6.07) is 0. The molecule has 0 aromatic rings. The predicted molar refractivity (Wildman–Crippen MR) is 113 cm³/mol. The standard InChI is InChI=1S/C18H34N4O4.2ClH/c1-5-26-14-12-18(19,17(14,2)3)16(24)22-9-7-21(8-10-22)13-15(23)20-6-11-25-4;;/h14H,5-13,19H2,1-4H3,(H,20,23);2*1H. The van der Waals surface area contributed by atoms with Crippen LogP contribution in [-0.4, -0.2) is 92.8 Å². The van der Waals surface area contributed by atoms with Gasteiger partial charge in [0, 0.05) is 58.3 Å². The molecule has 0 spiro atoms. The van der Waals surface area contributed by atoms with E-state index >= 15 is 0 Å². The highest BCUT2D eigenvalue weighted by molar-refractivity contribution is 5.89. The molecule has 2 aliphatic rings. The van der Waals surface area contributed by atoms with E-state index in [1.54, 1.807) is 7.11 Å². The highest BCUT2D eigenvalue weighted by Crippen LogP contribution is 2.50. The van der Waals surface area contributed by atoms with Gasteiger partial charge in [0.05, 0.1) is 19.3 Å². The van der Waals surface area contributed by atoms with Crippen LogP contribution >= 0.6 is 24.8 Å². The van der Waals surface area contributed by atoms with E-state index in [9.17, 15) is 9.59 Å². The maximum atomic E-state index is 13.0. The Kier molecular flexibility index (Phi) is 11.3. The van der Waals surface area contributed by atoms with Crippen molar-refractivity contribution < 1.29 is 19.1 Å².